The Labute approximate surface area is 157 Å². The number of aliphatic hydroxyl groups excluding tert-OH is 1. The zero-order valence-electron chi connectivity index (χ0n) is 14.9. The Hall–Kier alpha value is -2.44. The molecule has 3 rings (SSSR count). The molecule has 0 spiro atoms. The maximum atomic E-state index is 9.64. The molecule has 0 radical (unpaired) electrons. The first-order valence-corrected chi connectivity index (χ1v) is 9.26. The number of hydrogen-bond donors (Lipinski definition) is 1. The number of benzene rings is 2. The van der Waals surface area contributed by atoms with Gasteiger partial charge in [0, 0.05) is 12.3 Å². The molecule has 0 saturated heterocycles. The smallest absolute Gasteiger partial charge is 0.168 e. The molecule has 26 heavy (non-hydrogen) atoms. The van der Waals surface area contributed by atoms with Crippen molar-refractivity contribution in [2.24, 2.45) is 0 Å². The first-order valence-electron chi connectivity index (χ1n) is 8.27. The van der Waals surface area contributed by atoms with Gasteiger partial charge in [-0.3, -0.25) is 0 Å². The average Bonchev–Trinajstić information content (AvgIpc) is 3.08. The molecule has 0 bridgehead atoms. The van der Waals surface area contributed by atoms with Crippen LogP contribution in [0, 0.1) is 0 Å². The summed E-state index contributed by atoms with van der Waals surface area (Å²) in [6.45, 7) is 0.614. The van der Waals surface area contributed by atoms with Crippen LogP contribution in [0.25, 0.3) is 0 Å². The number of aromatic nitrogens is 2. The molecule has 1 heterocycles. The Balaban J connectivity index is 1.76. The lowest BCUT2D eigenvalue weighted by Gasteiger charge is -2.11. The summed E-state index contributed by atoms with van der Waals surface area (Å²) < 4.78 is 12.5. The number of hydrogen-bond acceptors (Lipinski definition) is 5. The maximum Gasteiger partial charge on any atom is 0.168 e. The van der Waals surface area contributed by atoms with Gasteiger partial charge in [0.2, 0.25) is 0 Å². The van der Waals surface area contributed by atoms with Crippen molar-refractivity contribution in [1.29, 1.82) is 0 Å². The van der Waals surface area contributed by atoms with E-state index in [1.165, 1.54) is 5.56 Å². The molecule has 0 amide bonds. The van der Waals surface area contributed by atoms with E-state index in [2.05, 4.69) is 11.1 Å². The summed E-state index contributed by atoms with van der Waals surface area (Å²) in [5.41, 5.74) is 3.09. The normalized spacial score (nSPS) is 10.7. The summed E-state index contributed by atoms with van der Waals surface area (Å²) in [5.74, 6) is 2.46. The van der Waals surface area contributed by atoms with E-state index >= 15 is 0 Å². The van der Waals surface area contributed by atoms with Crippen molar-refractivity contribution >= 4 is 11.8 Å². The molecule has 0 aliphatic carbocycles. The molecule has 1 N–H and O–H groups in total. The standard InChI is InChI=1S/C20H22N2O3S/c1-24-18-8-6-15(7-9-18)12-22-17(13-23)11-21-20(22)26-14-16-4-3-5-19(10-16)25-2/h3-11,23H,12-14H2,1-2H3. The number of methoxy groups -OCH3 is 2. The molecule has 0 saturated carbocycles. The highest BCUT2D eigenvalue weighted by atomic mass is 32.2. The van der Waals surface area contributed by atoms with E-state index in [1.54, 1.807) is 32.2 Å². The summed E-state index contributed by atoms with van der Waals surface area (Å²) >= 11 is 1.64. The van der Waals surface area contributed by atoms with Crippen molar-refractivity contribution in [3.63, 3.8) is 0 Å². The zero-order valence-corrected chi connectivity index (χ0v) is 15.7. The molecular formula is C20H22N2O3S. The number of imidazole rings is 1. The van der Waals surface area contributed by atoms with Gasteiger partial charge in [0.25, 0.3) is 0 Å². The van der Waals surface area contributed by atoms with Gasteiger partial charge in [0.15, 0.2) is 5.16 Å². The molecular weight excluding hydrogens is 348 g/mol. The van der Waals surface area contributed by atoms with E-state index in [9.17, 15) is 5.11 Å². The van der Waals surface area contributed by atoms with Gasteiger partial charge in [-0.1, -0.05) is 36.0 Å². The van der Waals surface area contributed by atoms with E-state index in [-0.39, 0.29) is 6.61 Å². The number of nitrogens with zero attached hydrogens (tertiary/aromatic N) is 2. The van der Waals surface area contributed by atoms with Crippen LogP contribution in [0.3, 0.4) is 0 Å². The van der Waals surface area contributed by atoms with Crippen LogP contribution in [-0.4, -0.2) is 28.9 Å². The Morgan fingerprint density at radius 3 is 2.46 bits per heavy atom. The van der Waals surface area contributed by atoms with Crippen LogP contribution in [-0.2, 0) is 18.9 Å². The van der Waals surface area contributed by atoms with Crippen molar-refractivity contribution in [2.45, 2.75) is 24.1 Å². The Morgan fingerprint density at radius 2 is 1.77 bits per heavy atom. The largest absolute Gasteiger partial charge is 0.497 e. The third-order valence-corrected chi connectivity index (χ3v) is 5.13. The van der Waals surface area contributed by atoms with Crippen molar-refractivity contribution in [2.75, 3.05) is 14.2 Å². The lowest BCUT2D eigenvalue weighted by Crippen LogP contribution is -2.06. The molecule has 2 aromatic carbocycles. The second-order valence-corrected chi connectivity index (χ2v) is 6.71. The zero-order chi connectivity index (χ0) is 18.4. The van der Waals surface area contributed by atoms with Gasteiger partial charge in [0.05, 0.1) is 32.7 Å². The highest BCUT2D eigenvalue weighted by Crippen LogP contribution is 2.26. The molecule has 0 fully saturated rings. The first kappa shape index (κ1) is 18.4. The van der Waals surface area contributed by atoms with Crippen LogP contribution in [0.5, 0.6) is 11.5 Å². The molecule has 5 nitrogen and oxygen atoms in total. The van der Waals surface area contributed by atoms with Crippen molar-refractivity contribution in [3.05, 3.63) is 71.5 Å². The third kappa shape index (κ3) is 4.39. The lowest BCUT2D eigenvalue weighted by molar-refractivity contribution is 0.270. The monoisotopic (exact) mass is 370 g/mol. The molecule has 0 aliphatic rings. The predicted molar refractivity (Wildman–Crippen MR) is 103 cm³/mol. The number of aliphatic hydroxyl groups is 1. The minimum Gasteiger partial charge on any atom is -0.497 e. The summed E-state index contributed by atoms with van der Waals surface area (Å²) in [6, 6.07) is 15.9. The van der Waals surface area contributed by atoms with E-state index in [0.29, 0.717) is 6.54 Å². The van der Waals surface area contributed by atoms with Crippen molar-refractivity contribution in [3.8, 4) is 11.5 Å². The van der Waals surface area contributed by atoms with Crippen LogP contribution in [0.15, 0.2) is 59.9 Å². The fraction of sp³-hybridized carbons (Fsp3) is 0.250. The van der Waals surface area contributed by atoms with Crippen LogP contribution in [0.2, 0.25) is 0 Å². The van der Waals surface area contributed by atoms with Crippen LogP contribution >= 0.6 is 11.8 Å². The van der Waals surface area contributed by atoms with Crippen LogP contribution < -0.4 is 9.47 Å². The SMILES string of the molecule is COc1ccc(Cn2c(CO)cnc2SCc2cccc(OC)c2)cc1. The van der Waals surface area contributed by atoms with Crippen molar-refractivity contribution in [1.82, 2.24) is 9.55 Å². The fourth-order valence-electron chi connectivity index (χ4n) is 2.63. The highest BCUT2D eigenvalue weighted by molar-refractivity contribution is 7.98. The molecule has 1 aromatic heterocycles. The highest BCUT2D eigenvalue weighted by Gasteiger charge is 2.11. The summed E-state index contributed by atoms with van der Waals surface area (Å²) in [6.07, 6.45) is 1.73. The van der Waals surface area contributed by atoms with Gasteiger partial charge in [-0.05, 0) is 35.4 Å². The Bertz CT molecular complexity index is 847. The molecule has 0 atom stereocenters. The van der Waals surface area contributed by atoms with E-state index < -0.39 is 0 Å². The number of thioether (sulfide) groups is 1. The van der Waals surface area contributed by atoms with Crippen LogP contribution in [0.1, 0.15) is 16.8 Å². The first-order chi connectivity index (χ1) is 12.7. The van der Waals surface area contributed by atoms with Gasteiger partial charge in [-0.2, -0.15) is 0 Å². The molecule has 3 aromatic rings. The van der Waals surface area contributed by atoms with Gasteiger partial charge in [-0.15, -0.1) is 0 Å². The van der Waals surface area contributed by atoms with E-state index in [1.807, 2.05) is 47.0 Å². The van der Waals surface area contributed by atoms with Crippen LogP contribution in [0.4, 0.5) is 0 Å². The number of rotatable bonds is 8. The van der Waals surface area contributed by atoms with Crippen molar-refractivity contribution < 1.29 is 14.6 Å². The second-order valence-electron chi connectivity index (χ2n) is 5.76. The Kier molecular flexibility index (Phi) is 6.20. The topological polar surface area (TPSA) is 56.5 Å². The van der Waals surface area contributed by atoms with Gasteiger partial charge >= 0.3 is 0 Å². The summed E-state index contributed by atoms with van der Waals surface area (Å²) in [7, 11) is 3.32. The molecule has 0 aliphatic heterocycles. The van der Waals surface area contributed by atoms with Gasteiger partial charge in [0.1, 0.15) is 11.5 Å². The Morgan fingerprint density at radius 1 is 1.00 bits per heavy atom. The second kappa shape index (κ2) is 8.78. The predicted octanol–water partition coefficient (Wildman–Crippen LogP) is 3.73. The maximum absolute atomic E-state index is 9.64. The van der Waals surface area contributed by atoms with Gasteiger partial charge in [-0.25, -0.2) is 4.98 Å². The quantitative estimate of drug-likeness (QED) is 0.612. The summed E-state index contributed by atoms with van der Waals surface area (Å²) in [5, 5.41) is 10.5. The fourth-order valence-corrected chi connectivity index (χ4v) is 3.57. The van der Waals surface area contributed by atoms with E-state index in [0.717, 1.165) is 33.7 Å². The lowest BCUT2D eigenvalue weighted by atomic mass is 10.2. The number of ether oxygens (including phenoxy) is 2. The average molecular weight is 370 g/mol. The summed E-state index contributed by atoms with van der Waals surface area (Å²) in [4.78, 5) is 4.48. The molecule has 6 heteroatoms. The minimum atomic E-state index is -0.0388. The van der Waals surface area contributed by atoms with E-state index in [4.69, 9.17) is 9.47 Å². The minimum absolute atomic E-state index is 0.0388. The third-order valence-electron chi connectivity index (χ3n) is 4.07. The molecule has 136 valence electrons. The molecule has 0 unspecified atom stereocenters. The van der Waals surface area contributed by atoms with Gasteiger partial charge < -0.3 is 19.1 Å².